The first-order valence-corrected chi connectivity index (χ1v) is 8.11. The zero-order valence-electron chi connectivity index (χ0n) is 11.2. The molecule has 4 nitrogen and oxygen atoms in total. The highest BCUT2D eigenvalue weighted by molar-refractivity contribution is 7.92. The zero-order chi connectivity index (χ0) is 15.5. The summed E-state index contributed by atoms with van der Waals surface area (Å²) in [5.41, 5.74) is 0.602. The minimum absolute atomic E-state index is 0.0639. The lowest BCUT2D eigenvalue weighted by Crippen LogP contribution is -2.15. The van der Waals surface area contributed by atoms with E-state index in [0.29, 0.717) is 12.2 Å². The number of nitrogens with one attached hydrogen (secondary N) is 2. The molecule has 0 heterocycles. The second-order valence-corrected chi connectivity index (χ2v) is 6.32. The van der Waals surface area contributed by atoms with Crippen LogP contribution in [0.15, 0.2) is 47.4 Å². The van der Waals surface area contributed by atoms with E-state index in [1.807, 2.05) is 6.92 Å². The number of sulfonamides is 1. The van der Waals surface area contributed by atoms with Crippen molar-refractivity contribution in [1.29, 1.82) is 0 Å². The first-order valence-electron chi connectivity index (χ1n) is 6.25. The normalized spacial score (nSPS) is 11.2. The average Bonchev–Trinajstić information content (AvgIpc) is 2.43. The van der Waals surface area contributed by atoms with Crippen molar-refractivity contribution in [2.45, 2.75) is 11.8 Å². The highest BCUT2D eigenvalue weighted by Gasteiger charge is 2.18. The molecule has 112 valence electrons. The van der Waals surface area contributed by atoms with Crippen molar-refractivity contribution in [1.82, 2.24) is 0 Å². The highest BCUT2D eigenvalue weighted by atomic mass is 35.5. The lowest BCUT2D eigenvalue weighted by atomic mass is 10.3. The number of anilines is 2. The van der Waals surface area contributed by atoms with Crippen LogP contribution in [0.25, 0.3) is 0 Å². The fourth-order valence-corrected chi connectivity index (χ4v) is 3.16. The maximum Gasteiger partial charge on any atom is 0.263 e. The van der Waals surface area contributed by atoms with Crippen LogP contribution >= 0.6 is 11.6 Å². The Bertz CT molecular complexity index is 750. The molecule has 0 aliphatic heterocycles. The SMILES string of the molecule is CCNc1ccccc1S(=O)(=O)Nc1ccc(Cl)c(F)c1. The second-order valence-electron chi connectivity index (χ2n) is 4.26. The molecule has 0 atom stereocenters. The van der Waals surface area contributed by atoms with Crippen molar-refractivity contribution in [3.8, 4) is 0 Å². The predicted molar refractivity (Wildman–Crippen MR) is 82.8 cm³/mol. The molecule has 0 fully saturated rings. The first-order chi connectivity index (χ1) is 9.94. The summed E-state index contributed by atoms with van der Waals surface area (Å²) in [6, 6.07) is 10.2. The molecule has 21 heavy (non-hydrogen) atoms. The minimum Gasteiger partial charge on any atom is -0.384 e. The summed E-state index contributed by atoms with van der Waals surface area (Å²) in [5.74, 6) is -0.683. The third-order valence-corrected chi connectivity index (χ3v) is 4.46. The molecule has 0 saturated carbocycles. The fraction of sp³-hybridized carbons (Fsp3) is 0.143. The number of para-hydroxylation sites is 1. The van der Waals surface area contributed by atoms with Crippen molar-refractivity contribution < 1.29 is 12.8 Å². The van der Waals surface area contributed by atoms with E-state index in [1.54, 1.807) is 18.2 Å². The van der Waals surface area contributed by atoms with Crippen LogP contribution in [0.5, 0.6) is 0 Å². The summed E-state index contributed by atoms with van der Waals surface area (Å²) in [6.07, 6.45) is 0. The number of benzene rings is 2. The summed E-state index contributed by atoms with van der Waals surface area (Å²) in [7, 11) is -3.82. The maximum absolute atomic E-state index is 13.4. The quantitative estimate of drug-likeness (QED) is 0.879. The van der Waals surface area contributed by atoms with E-state index >= 15 is 0 Å². The lowest BCUT2D eigenvalue weighted by Gasteiger charge is -2.13. The van der Waals surface area contributed by atoms with Crippen LogP contribution in [-0.2, 0) is 10.0 Å². The van der Waals surface area contributed by atoms with Crippen LogP contribution in [0.3, 0.4) is 0 Å². The molecule has 0 aliphatic carbocycles. The first kappa shape index (κ1) is 15.6. The number of rotatable bonds is 5. The Balaban J connectivity index is 2.36. The topological polar surface area (TPSA) is 58.2 Å². The Morgan fingerprint density at radius 1 is 1.19 bits per heavy atom. The summed E-state index contributed by atoms with van der Waals surface area (Å²) in [5, 5.41) is 2.91. The Kier molecular flexibility index (Phi) is 4.69. The van der Waals surface area contributed by atoms with Crippen LogP contribution in [0.2, 0.25) is 5.02 Å². The Morgan fingerprint density at radius 2 is 1.90 bits per heavy atom. The van der Waals surface area contributed by atoms with E-state index in [9.17, 15) is 12.8 Å². The van der Waals surface area contributed by atoms with Gasteiger partial charge in [-0.2, -0.15) is 0 Å². The molecule has 0 radical (unpaired) electrons. The average molecular weight is 329 g/mol. The third-order valence-electron chi connectivity index (χ3n) is 2.72. The molecule has 0 saturated heterocycles. The molecular weight excluding hydrogens is 315 g/mol. The van der Waals surface area contributed by atoms with Gasteiger partial charge in [0.25, 0.3) is 10.0 Å². The predicted octanol–water partition coefficient (Wildman–Crippen LogP) is 3.71. The van der Waals surface area contributed by atoms with Crippen molar-refractivity contribution in [3.63, 3.8) is 0 Å². The largest absolute Gasteiger partial charge is 0.384 e. The molecule has 0 aliphatic rings. The molecule has 0 unspecified atom stereocenters. The second kappa shape index (κ2) is 6.32. The van der Waals surface area contributed by atoms with Gasteiger partial charge in [-0.25, -0.2) is 12.8 Å². The van der Waals surface area contributed by atoms with E-state index in [0.717, 1.165) is 6.07 Å². The van der Waals surface area contributed by atoms with Gasteiger partial charge < -0.3 is 5.32 Å². The Hall–Kier alpha value is -1.79. The van der Waals surface area contributed by atoms with Gasteiger partial charge in [0.05, 0.1) is 16.4 Å². The van der Waals surface area contributed by atoms with Gasteiger partial charge in [0.2, 0.25) is 0 Å². The fourth-order valence-electron chi connectivity index (χ4n) is 1.81. The minimum atomic E-state index is -3.82. The van der Waals surface area contributed by atoms with Gasteiger partial charge in [-0.1, -0.05) is 23.7 Å². The maximum atomic E-state index is 13.4. The summed E-state index contributed by atoms with van der Waals surface area (Å²) in [6.45, 7) is 2.45. The molecule has 2 N–H and O–H groups in total. The van der Waals surface area contributed by atoms with E-state index in [1.165, 1.54) is 18.2 Å². The smallest absolute Gasteiger partial charge is 0.263 e. The highest BCUT2D eigenvalue weighted by Crippen LogP contribution is 2.25. The van der Waals surface area contributed by atoms with E-state index < -0.39 is 15.8 Å². The van der Waals surface area contributed by atoms with Crippen molar-refractivity contribution >= 4 is 33.0 Å². The van der Waals surface area contributed by atoms with Crippen molar-refractivity contribution in [2.75, 3.05) is 16.6 Å². The van der Waals surface area contributed by atoms with Gasteiger partial charge in [-0.15, -0.1) is 0 Å². The third kappa shape index (κ3) is 3.65. The monoisotopic (exact) mass is 328 g/mol. The van der Waals surface area contributed by atoms with Gasteiger partial charge in [-0.05, 0) is 37.3 Å². The Labute approximate surface area is 128 Å². The van der Waals surface area contributed by atoms with Crippen LogP contribution in [0.4, 0.5) is 15.8 Å². The summed E-state index contributed by atoms with van der Waals surface area (Å²) >= 11 is 5.57. The van der Waals surface area contributed by atoms with Gasteiger partial charge in [-0.3, -0.25) is 4.72 Å². The summed E-state index contributed by atoms with van der Waals surface area (Å²) < 4.78 is 40.5. The van der Waals surface area contributed by atoms with Crippen LogP contribution in [0.1, 0.15) is 6.92 Å². The van der Waals surface area contributed by atoms with E-state index in [2.05, 4.69) is 10.0 Å². The van der Waals surface area contributed by atoms with Crippen LogP contribution < -0.4 is 10.0 Å². The van der Waals surface area contributed by atoms with E-state index in [4.69, 9.17) is 11.6 Å². The molecular formula is C14H14ClFN2O2S. The molecule has 0 amide bonds. The summed E-state index contributed by atoms with van der Waals surface area (Å²) in [4.78, 5) is 0.0993. The molecule has 2 aromatic rings. The van der Waals surface area contributed by atoms with Gasteiger partial charge >= 0.3 is 0 Å². The van der Waals surface area contributed by atoms with Crippen LogP contribution in [-0.4, -0.2) is 15.0 Å². The number of hydrogen-bond donors (Lipinski definition) is 2. The lowest BCUT2D eigenvalue weighted by molar-refractivity contribution is 0.601. The zero-order valence-corrected chi connectivity index (χ0v) is 12.8. The Morgan fingerprint density at radius 3 is 2.57 bits per heavy atom. The molecule has 0 aromatic heterocycles. The van der Waals surface area contributed by atoms with Crippen molar-refractivity contribution in [2.24, 2.45) is 0 Å². The molecule has 2 rings (SSSR count). The van der Waals surface area contributed by atoms with Crippen LogP contribution in [0, 0.1) is 5.82 Å². The van der Waals surface area contributed by atoms with Gasteiger partial charge in [0.15, 0.2) is 0 Å². The standard InChI is InChI=1S/C14H14ClFN2O2S/c1-2-17-13-5-3-4-6-14(13)21(19,20)18-10-7-8-11(15)12(16)9-10/h3-9,17-18H,2H2,1H3. The van der Waals surface area contributed by atoms with Crippen molar-refractivity contribution in [3.05, 3.63) is 53.3 Å². The number of halogens is 2. The number of hydrogen-bond acceptors (Lipinski definition) is 3. The molecule has 7 heteroatoms. The molecule has 0 bridgehead atoms. The van der Waals surface area contributed by atoms with Gasteiger partial charge in [0.1, 0.15) is 10.7 Å². The molecule has 0 spiro atoms. The molecule has 2 aromatic carbocycles. The van der Waals surface area contributed by atoms with E-state index in [-0.39, 0.29) is 15.6 Å². The van der Waals surface area contributed by atoms with Gasteiger partial charge in [0, 0.05) is 6.54 Å².